The van der Waals surface area contributed by atoms with Gasteiger partial charge in [-0.2, -0.15) is 0 Å². The molecule has 0 saturated heterocycles. The third-order valence-electron chi connectivity index (χ3n) is 2.46. The maximum absolute atomic E-state index is 6.04. The molecule has 0 aromatic heterocycles. The number of rotatable bonds is 4. The average Bonchev–Trinajstić information content (AvgIpc) is 2.18. The monoisotopic (exact) mass is 289 g/mol. The van der Waals surface area contributed by atoms with Crippen LogP contribution in [0.2, 0.25) is 5.02 Å². The van der Waals surface area contributed by atoms with E-state index in [1.54, 1.807) is 0 Å². The number of alkyl halides is 1. The van der Waals surface area contributed by atoms with Crippen molar-refractivity contribution in [2.45, 2.75) is 32.1 Å². The molecular formula is C12H17BrClN. The molecule has 0 spiro atoms. The van der Waals surface area contributed by atoms with Gasteiger partial charge in [0, 0.05) is 28.6 Å². The van der Waals surface area contributed by atoms with Crippen LogP contribution < -0.4 is 4.90 Å². The normalized spacial score (nSPS) is 10.8. The zero-order valence-electron chi connectivity index (χ0n) is 9.43. The molecule has 1 aromatic rings. The molecule has 0 heterocycles. The van der Waals surface area contributed by atoms with Gasteiger partial charge in [-0.05, 0) is 38.5 Å². The van der Waals surface area contributed by atoms with Gasteiger partial charge >= 0.3 is 0 Å². The Hall–Kier alpha value is -0.210. The van der Waals surface area contributed by atoms with Crippen molar-refractivity contribution in [1.82, 2.24) is 0 Å². The standard InChI is InChI=1S/C12H17BrClN/c1-4-15(9(2)3)12-7-11(14)6-5-10(12)8-13/h5-7,9H,4,8H2,1-3H3. The largest absolute Gasteiger partial charge is 0.369 e. The Morgan fingerprint density at radius 3 is 2.53 bits per heavy atom. The van der Waals surface area contributed by atoms with Crippen LogP contribution in [0.4, 0.5) is 5.69 Å². The molecule has 84 valence electrons. The first-order valence-electron chi connectivity index (χ1n) is 5.21. The molecule has 1 rings (SSSR count). The molecule has 3 heteroatoms. The molecular weight excluding hydrogens is 273 g/mol. The molecule has 0 fully saturated rings. The van der Waals surface area contributed by atoms with Crippen LogP contribution >= 0.6 is 27.5 Å². The number of anilines is 1. The van der Waals surface area contributed by atoms with E-state index in [1.165, 1.54) is 11.3 Å². The van der Waals surface area contributed by atoms with Crippen LogP contribution in [0.5, 0.6) is 0 Å². The van der Waals surface area contributed by atoms with Gasteiger partial charge in [-0.3, -0.25) is 0 Å². The van der Waals surface area contributed by atoms with Gasteiger partial charge in [-0.25, -0.2) is 0 Å². The van der Waals surface area contributed by atoms with E-state index in [0.717, 1.165) is 16.9 Å². The van der Waals surface area contributed by atoms with Gasteiger partial charge < -0.3 is 4.90 Å². The van der Waals surface area contributed by atoms with E-state index in [-0.39, 0.29) is 0 Å². The third-order valence-corrected chi connectivity index (χ3v) is 3.30. The van der Waals surface area contributed by atoms with Crippen LogP contribution in [-0.4, -0.2) is 12.6 Å². The molecule has 0 N–H and O–H groups in total. The summed E-state index contributed by atoms with van der Waals surface area (Å²) in [7, 11) is 0. The minimum Gasteiger partial charge on any atom is -0.369 e. The lowest BCUT2D eigenvalue weighted by Gasteiger charge is -2.29. The zero-order valence-corrected chi connectivity index (χ0v) is 11.8. The van der Waals surface area contributed by atoms with Crippen LogP contribution in [0, 0.1) is 0 Å². The van der Waals surface area contributed by atoms with Crippen LogP contribution in [-0.2, 0) is 5.33 Å². The number of halogens is 2. The predicted octanol–water partition coefficient (Wildman–Crippen LogP) is 4.47. The molecule has 0 saturated carbocycles. The Balaban J connectivity index is 3.13. The van der Waals surface area contributed by atoms with Crippen LogP contribution in [0.1, 0.15) is 26.3 Å². The van der Waals surface area contributed by atoms with E-state index in [4.69, 9.17) is 11.6 Å². The Bertz CT molecular complexity index is 325. The van der Waals surface area contributed by atoms with E-state index < -0.39 is 0 Å². The second kappa shape index (κ2) is 5.76. The highest BCUT2D eigenvalue weighted by atomic mass is 79.9. The summed E-state index contributed by atoms with van der Waals surface area (Å²) in [6.07, 6.45) is 0. The summed E-state index contributed by atoms with van der Waals surface area (Å²) in [6, 6.07) is 6.56. The Morgan fingerprint density at radius 1 is 1.40 bits per heavy atom. The number of hydrogen-bond acceptors (Lipinski definition) is 1. The molecule has 1 aromatic carbocycles. The van der Waals surface area contributed by atoms with Crippen molar-refractivity contribution in [3.63, 3.8) is 0 Å². The first-order chi connectivity index (χ1) is 7.10. The molecule has 0 amide bonds. The quantitative estimate of drug-likeness (QED) is 0.740. The highest BCUT2D eigenvalue weighted by molar-refractivity contribution is 9.08. The average molecular weight is 291 g/mol. The SMILES string of the molecule is CCN(c1cc(Cl)ccc1CBr)C(C)C. The minimum absolute atomic E-state index is 0.492. The van der Waals surface area contributed by atoms with Gasteiger partial charge in [0.1, 0.15) is 0 Å². The van der Waals surface area contributed by atoms with Gasteiger partial charge in [0.2, 0.25) is 0 Å². The summed E-state index contributed by atoms with van der Waals surface area (Å²) < 4.78 is 0. The zero-order chi connectivity index (χ0) is 11.4. The second-order valence-corrected chi connectivity index (χ2v) is 4.78. The Morgan fingerprint density at radius 2 is 2.07 bits per heavy atom. The van der Waals surface area contributed by atoms with Crippen molar-refractivity contribution in [3.8, 4) is 0 Å². The number of hydrogen-bond donors (Lipinski definition) is 0. The number of benzene rings is 1. The molecule has 0 aliphatic rings. The maximum Gasteiger partial charge on any atom is 0.0426 e. The van der Waals surface area contributed by atoms with Crippen LogP contribution in [0.3, 0.4) is 0 Å². The number of nitrogens with zero attached hydrogens (tertiary/aromatic N) is 1. The van der Waals surface area contributed by atoms with Gasteiger partial charge in [-0.15, -0.1) is 0 Å². The summed E-state index contributed by atoms with van der Waals surface area (Å²) in [5.41, 5.74) is 2.52. The van der Waals surface area contributed by atoms with Crippen molar-refractivity contribution in [2.75, 3.05) is 11.4 Å². The molecule has 0 unspecified atom stereocenters. The fourth-order valence-electron chi connectivity index (χ4n) is 1.73. The van der Waals surface area contributed by atoms with Crippen LogP contribution in [0.25, 0.3) is 0 Å². The third kappa shape index (κ3) is 3.12. The molecule has 0 aliphatic heterocycles. The fraction of sp³-hybridized carbons (Fsp3) is 0.500. The lowest BCUT2D eigenvalue weighted by molar-refractivity contribution is 0.701. The molecule has 0 bridgehead atoms. The van der Waals surface area contributed by atoms with Crippen molar-refractivity contribution in [3.05, 3.63) is 28.8 Å². The van der Waals surface area contributed by atoms with Crippen molar-refractivity contribution >= 4 is 33.2 Å². The summed E-state index contributed by atoms with van der Waals surface area (Å²) in [5, 5.41) is 1.66. The fourth-order valence-corrected chi connectivity index (χ4v) is 2.37. The van der Waals surface area contributed by atoms with E-state index >= 15 is 0 Å². The first-order valence-corrected chi connectivity index (χ1v) is 6.71. The summed E-state index contributed by atoms with van der Waals surface area (Å²) in [4.78, 5) is 2.35. The summed E-state index contributed by atoms with van der Waals surface area (Å²) in [6.45, 7) is 7.56. The highest BCUT2D eigenvalue weighted by Crippen LogP contribution is 2.27. The van der Waals surface area contributed by atoms with Gasteiger partial charge in [-0.1, -0.05) is 33.6 Å². The molecule has 15 heavy (non-hydrogen) atoms. The van der Waals surface area contributed by atoms with Gasteiger partial charge in [0.05, 0.1) is 0 Å². The molecule has 0 aliphatic carbocycles. The van der Waals surface area contributed by atoms with Crippen molar-refractivity contribution in [1.29, 1.82) is 0 Å². The maximum atomic E-state index is 6.04. The van der Waals surface area contributed by atoms with Crippen molar-refractivity contribution in [2.24, 2.45) is 0 Å². The predicted molar refractivity (Wildman–Crippen MR) is 72.2 cm³/mol. The summed E-state index contributed by atoms with van der Waals surface area (Å²) in [5.74, 6) is 0. The minimum atomic E-state index is 0.492. The van der Waals surface area contributed by atoms with Gasteiger partial charge in [0.15, 0.2) is 0 Å². The van der Waals surface area contributed by atoms with Crippen LogP contribution in [0.15, 0.2) is 18.2 Å². The molecule has 0 atom stereocenters. The lowest BCUT2D eigenvalue weighted by atomic mass is 10.1. The highest BCUT2D eigenvalue weighted by Gasteiger charge is 2.12. The Kier molecular flexibility index (Phi) is 4.94. The molecule has 1 nitrogen and oxygen atoms in total. The Labute approximate surface area is 106 Å². The van der Waals surface area contributed by atoms with E-state index in [2.05, 4.69) is 47.7 Å². The van der Waals surface area contributed by atoms with E-state index in [0.29, 0.717) is 6.04 Å². The first kappa shape index (κ1) is 12.9. The smallest absolute Gasteiger partial charge is 0.0426 e. The summed E-state index contributed by atoms with van der Waals surface area (Å²) >= 11 is 9.55. The van der Waals surface area contributed by atoms with Crippen molar-refractivity contribution < 1.29 is 0 Å². The second-order valence-electron chi connectivity index (χ2n) is 3.79. The van der Waals surface area contributed by atoms with E-state index in [1.807, 2.05) is 12.1 Å². The lowest BCUT2D eigenvalue weighted by Crippen LogP contribution is -2.31. The van der Waals surface area contributed by atoms with E-state index in [9.17, 15) is 0 Å². The topological polar surface area (TPSA) is 3.24 Å². The molecule has 0 radical (unpaired) electrons. The van der Waals surface area contributed by atoms with Gasteiger partial charge in [0.25, 0.3) is 0 Å².